The third-order valence-corrected chi connectivity index (χ3v) is 4.30. The van der Waals surface area contributed by atoms with Crippen LogP contribution in [0.4, 0.5) is 8.78 Å². The van der Waals surface area contributed by atoms with Crippen LogP contribution in [0.2, 0.25) is 0 Å². The first-order valence-corrected chi connectivity index (χ1v) is 8.85. The number of hydrogen-bond donors (Lipinski definition) is 1. The van der Waals surface area contributed by atoms with Gasteiger partial charge in [0, 0.05) is 25.2 Å². The van der Waals surface area contributed by atoms with Gasteiger partial charge in [-0.3, -0.25) is 4.79 Å². The third kappa shape index (κ3) is 6.29. The van der Waals surface area contributed by atoms with Crippen molar-refractivity contribution in [1.82, 2.24) is 10.2 Å². The van der Waals surface area contributed by atoms with E-state index in [-0.39, 0.29) is 23.4 Å². The average molecular weight is 368 g/mol. The average Bonchev–Trinajstić information content (AvgIpc) is 2.62. The molecule has 1 N–H and O–H groups in total. The van der Waals surface area contributed by atoms with Crippen LogP contribution >= 0.6 is 0 Å². The molecule has 0 spiro atoms. The molecule has 1 aliphatic rings. The molecular formula is C19H26F2N2O3. The highest BCUT2D eigenvalue weighted by Gasteiger charge is 2.19. The summed E-state index contributed by atoms with van der Waals surface area (Å²) in [6, 6.07) is 4.72. The molecule has 26 heavy (non-hydrogen) atoms. The highest BCUT2D eigenvalue weighted by Crippen LogP contribution is 2.29. The first-order chi connectivity index (χ1) is 12.5. The minimum absolute atomic E-state index is 0.0389. The molecule has 0 unspecified atom stereocenters. The number of methoxy groups -OCH3 is 1. The Morgan fingerprint density at radius 1 is 1.35 bits per heavy atom. The van der Waals surface area contributed by atoms with Crippen molar-refractivity contribution in [3.63, 3.8) is 0 Å². The Hall–Kier alpha value is -2.15. The van der Waals surface area contributed by atoms with Gasteiger partial charge in [0.1, 0.15) is 0 Å². The first kappa shape index (κ1) is 20.2. The zero-order valence-corrected chi connectivity index (χ0v) is 15.2. The van der Waals surface area contributed by atoms with Gasteiger partial charge in [-0.25, -0.2) is 0 Å². The number of likely N-dealkylation sites (tertiary alicyclic amines) is 1. The molecule has 1 aromatic carbocycles. The summed E-state index contributed by atoms with van der Waals surface area (Å²) in [6.07, 6.45) is 6.11. The topological polar surface area (TPSA) is 50.8 Å². The summed E-state index contributed by atoms with van der Waals surface area (Å²) < 4.78 is 34.1. The first-order valence-electron chi connectivity index (χ1n) is 8.85. The van der Waals surface area contributed by atoms with E-state index in [4.69, 9.17) is 4.74 Å². The van der Waals surface area contributed by atoms with Crippen molar-refractivity contribution < 1.29 is 23.0 Å². The lowest BCUT2D eigenvalue weighted by Gasteiger charge is -2.31. The van der Waals surface area contributed by atoms with Gasteiger partial charge in [0.2, 0.25) is 5.91 Å². The van der Waals surface area contributed by atoms with Gasteiger partial charge in [-0.2, -0.15) is 8.78 Å². The lowest BCUT2D eigenvalue weighted by molar-refractivity contribution is -0.117. The molecule has 5 nitrogen and oxygen atoms in total. The number of nitrogens with one attached hydrogen (secondary N) is 1. The Balaban J connectivity index is 1.88. The molecule has 0 atom stereocenters. The van der Waals surface area contributed by atoms with Crippen LogP contribution in [0.5, 0.6) is 11.5 Å². The van der Waals surface area contributed by atoms with Gasteiger partial charge in [-0.15, -0.1) is 0 Å². The summed E-state index contributed by atoms with van der Waals surface area (Å²) in [5, 5.41) is 3.01. The van der Waals surface area contributed by atoms with Crippen LogP contribution in [0.3, 0.4) is 0 Å². The van der Waals surface area contributed by atoms with Crippen LogP contribution in [0.15, 0.2) is 24.3 Å². The molecule has 2 rings (SSSR count). The second-order valence-electron chi connectivity index (χ2n) is 6.25. The Kier molecular flexibility index (Phi) is 7.84. The van der Waals surface area contributed by atoms with Crippen molar-refractivity contribution in [2.45, 2.75) is 38.8 Å². The summed E-state index contributed by atoms with van der Waals surface area (Å²) in [4.78, 5) is 14.5. The van der Waals surface area contributed by atoms with Gasteiger partial charge in [0.05, 0.1) is 7.11 Å². The number of nitrogens with zero attached hydrogens (tertiary/aromatic N) is 1. The molecule has 1 heterocycles. The molecule has 0 bridgehead atoms. The summed E-state index contributed by atoms with van der Waals surface area (Å²) >= 11 is 0. The predicted molar refractivity (Wildman–Crippen MR) is 96.6 cm³/mol. The molecule has 1 amide bonds. The van der Waals surface area contributed by atoms with E-state index in [9.17, 15) is 13.6 Å². The number of carbonyl (C=O) groups is 1. The summed E-state index contributed by atoms with van der Waals surface area (Å²) in [5.41, 5.74) is 0.663. The predicted octanol–water partition coefficient (Wildman–Crippen LogP) is 3.30. The van der Waals surface area contributed by atoms with Crippen molar-refractivity contribution in [3.8, 4) is 11.5 Å². The molecule has 0 aliphatic carbocycles. The van der Waals surface area contributed by atoms with Crippen molar-refractivity contribution in [1.29, 1.82) is 0 Å². The van der Waals surface area contributed by atoms with Gasteiger partial charge < -0.3 is 19.7 Å². The Morgan fingerprint density at radius 2 is 2.08 bits per heavy atom. The fraction of sp³-hybridized carbons (Fsp3) is 0.526. The fourth-order valence-electron chi connectivity index (χ4n) is 3.02. The van der Waals surface area contributed by atoms with Crippen LogP contribution in [-0.4, -0.2) is 50.2 Å². The van der Waals surface area contributed by atoms with Gasteiger partial charge in [0.25, 0.3) is 0 Å². The Morgan fingerprint density at radius 3 is 2.69 bits per heavy atom. The summed E-state index contributed by atoms with van der Waals surface area (Å²) in [7, 11) is 1.37. The monoisotopic (exact) mass is 368 g/mol. The Labute approximate surface area is 153 Å². The molecule has 144 valence electrons. The van der Waals surface area contributed by atoms with Crippen molar-refractivity contribution >= 4 is 12.0 Å². The largest absolute Gasteiger partial charge is 0.493 e. The van der Waals surface area contributed by atoms with Gasteiger partial charge in [-0.1, -0.05) is 13.0 Å². The van der Waals surface area contributed by atoms with Crippen molar-refractivity contribution in [3.05, 3.63) is 29.8 Å². The lowest BCUT2D eigenvalue weighted by atomic mass is 10.0. The molecule has 1 aromatic rings. The van der Waals surface area contributed by atoms with Gasteiger partial charge in [-0.05, 0) is 49.6 Å². The summed E-state index contributed by atoms with van der Waals surface area (Å²) in [6.45, 7) is 2.36. The number of hydrogen-bond acceptors (Lipinski definition) is 4. The normalized spacial score (nSPS) is 16.2. The molecule has 0 aromatic heterocycles. The molecule has 0 radical (unpaired) electrons. The number of ether oxygens (including phenoxy) is 2. The zero-order chi connectivity index (χ0) is 18.9. The van der Waals surface area contributed by atoms with E-state index in [2.05, 4.69) is 21.9 Å². The molecule has 0 saturated carbocycles. The second-order valence-corrected chi connectivity index (χ2v) is 6.25. The molecule has 1 aliphatic heterocycles. The second kappa shape index (κ2) is 10.1. The standard InChI is InChI=1S/C19H26F2N2O3/c1-3-10-23-11-8-15(9-12-23)22-18(24)7-5-14-4-6-16(26-19(20)21)17(13-14)25-2/h4-7,13,15,19H,3,8-12H2,1-2H3,(H,22,24)/b7-5+. The number of rotatable bonds is 8. The minimum atomic E-state index is -2.92. The highest BCUT2D eigenvalue weighted by molar-refractivity contribution is 5.92. The third-order valence-electron chi connectivity index (χ3n) is 4.30. The Bertz CT molecular complexity index is 615. The number of carbonyl (C=O) groups excluding carboxylic acids is 1. The lowest BCUT2D eigenvalue weighted by Crippen LogP contribution is -2.44. The van der Waals surface area contributed by atoms with Crippen molar-refractivity contribution in [2.24, 2.45) is 0 Å². The fourth-order valence-corrected chi connectivity index (χ4v) is 3.02. The van der Waals surface area contributed by atoms with Crippen LogP contribution in [-0.2, 0) is 4.79 Å². The highest BCUT2D eigenvalue weighted by atomic mass is 19.3. The van der Waals surface area contributed by atoms with Crippen molar-refractivity contribution in [2.75, 3.05) is 26.7 Å². The summed E-state index contributed by atoms with van der Waals surface area (Å²) in [5.74, 6) is -0.00934. The van der Waals surface area contributed by atoms with E-state index in [1.807, 2.05) is 0 Å². The molecule has 7 heteroatoms. The molecular weight excluding hydrogens is 342 g/mol. The maximum Gasteiger partial charge on any atom is 0.387 e. The van der Waals surface area contributed by atoms with E-state index >= 15 is 0 Å². The van der Waals surface area contributed by atoms with Crippen LogP contribution in [0, 0.1) is 0 Å². The maximum atomic E-state index is 12.3. The number of amides is 1. The SMILES string of the molecule is CCCN1CCC(NC(=O)/C=C/c2ccc(OC(F)F)c(OC)c2)CC1. The quantitative estimate of drug-likeness (QED) is 0.716. The maximum absolute atomic E-state index is 12.3. The number of piperidine rings is 1. The van der Waals surface area contributed by atoms with Crippen LogP contribution in [0.1, 0.15) is 31.7 Å². The molecule has 1 saturated heterocycles. The zero-order valence-electron chi connectivity index (χ0n) is 15.2. The molecule has 1 fully saturated rings. The van der Waals surface area contributed by atoms with Gasteiger partial charge in [0.15, 0.2) is 11.5 Å². The van der Waals surface area contributed by atoms with E-state index in [1.54, 1.807) is 18.2 Å². The van der Waals surface area contributed by atoms with E-state index in [0.717, 1.165) is 38.9 Å². The van der Waals surface area contributed by atoms with Gasteiger partial charge >= 0.3 is 6.61 Å². The van der Waals surface area contributed by atoms with E-state index in [1.165, 1.54) is 19.3 Å². The number of halogens is 2. The smallest absolute Gasteiger partial charge is 0.387 e. The number of benzene rings is 1. The minimum Gasteiger partial charge on any atom is -0.493 e. The number of alkyl halides is 2. The van der Waals surface area contributed by atoms with Crippen LogP contribution in [0.25, 0.3) is 6.08 Å². The van der Waals surface area contributed by atoms with Crippen LogP contribution < -0.4 is 14.8 Å². The van der Waals surface area contributed by atoms with E-state index < -0.39 is 6.61 Å². The van der Waals surface area contributed by atoms with E-state index in [0.29, 0.717) is 5.56 Å².